The predicted octanol–water partition coefficient (Wildman–Crippen LogP) is 4.33. The molecule has 0 atom stereocenters. The Morgan fingerprint density at radius 1 is 0.958 bits per heavy atom. The van der Waals surface area contributed by atoms with Gasteiger partial charge < -0.3 is 9.73 Å². The number of Topliss-reactive ketones (excluding diaryl/α,β-unsaturated/α-hetero) is 1. The Balaban J connectivity index is 1.74. The lowest BCUT2D eigenvalue weighted by molar-refractivity contribution is 0.0995. The van der Waals surface area contributed by atoms with Crippen LogP contribution in [0.1, 0.15) is 32.7 Å². The molecule has 0 bridgehead atoms. The van der Waals surface area contributed by atoms with Gasteiger partial charge in [0.2, 0.25) is 0 Å². The molecule has 1 heterocycles. The molecule has 0 radical (unpaired) electrons. The Bertz CT molecular complexity index is 912. The Labute approximate surface area is 139 Å². The fourth-order valence-electron chi connectivity index (χ4n) is 3.14. The van der Waals surface area contributed by atoms with Crippen LogP contribution in [0.2, 0.25) is 0 Å². The minimum Gasteiger partial charge on any atom is -0.464 e. The highest BCUT2D eigenvalue weighted by atomic mass is 16.3. The monoisotopic (exact) mass is 317 g/mol. The van der Waals surface area contributed by atoms with Crippen molar-refractivity contribution in [2.24, 2.45) is 0 Å². The van der Waals surface area contributed by atoms with Crippen molar-refractivity contribution in [2.45, 2.75) is 12.8 Å². The number of benzene rings is 2. The number of hydrogen-bond donors (Lipinski definition) is 1. The lowest BCUT2D eigenvalue weighted by atomic mass is 9.99. The topological polar surface area (TPSA) is 59.3 Å². The van der Waals surface area contributed by atoms with Gasteiger partial charge in [0.25, 0.3) is 5.91 Å². The highest BCUT2D eigenvalue weighted by molar-refractivity contribution is 6.12. The molecule has 4 heteroatoms. The summed E-state index contributed by atoms with van der Waals surface area (Å²) >= 11 is 0. The van der Waals surface area contributed by atoms with Crippen molar-refractivity contribution in [1.29, 1.82) is 0 Å². The summed E-state index contributed by atoms with van der Waals surface area (Å²) in [6, 6.07) is 16.3. The molecule has 24 heavy (non-hydrogen) atoms. The first-order valence-corrected chi connectivity index (χ1v) is 7.83. The van der Waals surface area contributed by atoms with Crippen LogP contribution in [0.15, 0.2) is 65.3 Å². The van der Waals surface area contributed by atoms with E-state index in [0.29, 0.717) is 29.7 Å². The van der Waals surface area contributed by atoms with E-state index in [-0.39, 0.29) is 11.7 Å². The lowest BCUT2D eigenvalue weighted by Crippen LogP contribution is -2.14. The van der Waals surface area contributed by atoms with Gasteiger partial charge in [-0.15, -0.1) is 0 Å². The molecule has 3 aromatic rings. The number of carbonyl (C=O) groups excluding carboxylic acids is 2. The first-order valence-electron chi connectivity index (χ1n) is 7.83. The van der Waals surface area contributed by atoms with E-state index in [1.807, 2.05) is 36.4 Å². The van der Waals surface area contributed by atoms with Crippen molar-refractivity contribution < 1.29 is 14.0 Å². The van der Waals surface area contributed by atoms with E-state index in [4.69, 9.17) is 4.42 Å². The van der Waals surface area contributed by atoms with E-state index < -0.39 is 0 Å². The van der Waals surface area contributed by atoms with Crippen LogP contribution in [-0.4, -0.2) is 11.7 Å². The molecule has 4 nitrogen and oxygen atoms in total. The highest BCUT2D eigenvalue weighted by Crippen LogP contribution is 2.37. The Kier molecular flexibility index (Phi) is 3.50. The lowest BCUT2D eigenvalue weighted by Gasteiger charge is -2.12. The number of ketones is 1. The first kappa shape index (κ1) is 14.5. The Morgan fingerprint density at radius 2 is 1.79 bits per heavy atom. The number of hydrogen-bond acceptors (Lipinski definition) is 3. The average Bonchev–Trinajstić information content (AvgIpc) is 3.27. The van der Waals surface area contributed by atoms with Gasteiger partial charge in [-0.1, -0.05) is 18.2 Å². The van der Waals surface area contributed by atoms with Crippen molar-refractivity contribution in [3.8, 4) is 11.3 Å². The van der Waals surface area contributed by atoms with Gasteiger partial charge in [-0.05, 0) is 48.4 Å². The SMILES string of the molecule is O=C(Nc1ccc(-c2ccco2)c2c1C(=O)CC2)c1ccccc1. The molecule has 1 aliphatic rings. The normalized spacial score (nSPS) is 12.9. The van der Waals surface area contributed by atoms with Crippen LogP contribution in [0.5, 0.6) is 0 Å². The number of rotatable bonds is 3. The average molecular weight is 317 g/mol. The molecule has 0 spiro atoms. The van der Waals surface area contributed by atoms with Gasteiger partial charge in [0.05, 0.1) is 12.0 Å². The predicted molar refractivity (Wildman–Crippen MR) is 91.2 cm³/mol. The molecule has 4 rings (SSSR count). The van der Waals surface area contributed by atoms with Crippen molar-refractivity contribution in [1.82, 2.24) is 0 Å². The molecule has 118 valence electrons. The molecule has 1 N–H and O–H groups in total. The Morgan fingerprint density at radius 3 is 2.54 bits per heavy atom. The van der Waals surface area contributed by atoms with Gasteiger partial charge in [-0.3, -0.25) is 9.59 Å². The van der Waals surface area contributed by atoms with Crippen LogP contribution in [0.25, 0.3) is 11.3 Å². The maximum atomic E-state index is 12.4. The molecule has 2 aromatic carbocycles. The second-order valence-corrected chi connectivity index (χ2v) is 5.73. The summed E-state index contributed by atoms with van der Waals surface area (Å²) in [7, 11) is 0. The third kappa shape index (κ3) is 2.42. The molecular formula is C20H15NO3. The van der Waals surface area contributed by atoms with Gasteiger partial charge in [0.15, 0.2) is 5.78 Å². The van der Waals surface area contributed by atoms with Crippen LogP contribution in [0.4, 0.5) is 5.69 Å². The van der Waals surface area contributed by atoms with Gasteiger partial charge in [-0.25, -0.2) is 0 Å². The number of carbonyl (C=O) groups is 2. The van der Waals surface area contributed by atoms with Crippen LogP contribution in [0, 0.1) is 0 Å². The molecule has 1 aromatic heterocycles. The standard InChI is InChI=1S/C20H15NO3/c22-17-11-9-15-14(18-7-4-12-24-18)8-10-16(19(15)17)21-20(23)13-5-2-1-3-6-13/h1-8,10,12H,9,11H2,(H,21,23). The molecule has 0 unspecified atom stereocenters. The van der Waals surface area contributed by atoms with E-state index in [1.54, 1.807) is 24.5 Å². The summed E-state index contributed by atoms with van der Waals surface area (Å²) in [5, 5.41) is 2.87. The second kappa shape index (κ2) is 5.81. The number of furan rings is 1. The quantitative estimate of drug-likeness (QED) is 0.782. The zero-order valence-electron chi connectivity index (χ0n) is 12.9. The van der Waals surface area contributed by atoms with E-state index >= 15 is 0 Å². The fraction of sp³-hybridized carbons (Fsp3) is 0.100. The smallest absolute Gasteiger partial charge is 0.255 e. The van der Waals surface area contributed by atoms with E-state index in [9.17, 15) is 9.59 Å². The maximum Gasteiger partial charge on any atom is 0.255 e. The van der Waals surface area contributed by atoms with E-state index in [0.717, 1.165) is 16.9 Å². The highest BCUT2D eigenvalue weighted by Gasteiger charge is 2.27. The summed E-state index contributed by atoms with van der Waals surface area (Å²) < 4.78 is 5.47. The van der Waals surface area contributed by atoms with Crippen LogP contribution >= 0.6 is 0 Å². The summed E-state index contributed by atoms with van der Waals surface area (Å²) in [6.45, 7) is 0. The van der Waals surface area contributed by atoms with Gasteiger partial charge >= 0.3 is 0 Å². The van der Waals surface area contributed by atoms with Gasteiger partial charge in [0, 0.05) is 23.1 Å². The maximum absolute atomic E-state index is 12.4. The third-order valence-electron chi connectivity index (χ3n) is 4.26. The van der Waals surface area contributed by atoms with Crippen LogP contribution in [0.3, 0.4) is 0 Å². The minimum absolute atomic E-state index is 0.0572. The molecule has 0 aliphatic heterocycles. The molecule has 1 amide bonds. The molecule has 0 saturated heterocycles. The largest absolute Gasteiger partial charge is 0.464 e. The van der Waals surface area contributed by atoms with Crippen molar-refractivity contribution >= 4 is 17.4 Å². The zero-order chi connectivity index (χ0) is 16.5. The van der Waals surface area contributed by atoms with Crippen molar-refractivity contribution in [2.75, 3.05) is 5.32 Å². The molecule has 1 aliphatic carbocycles. The number of fused-ring (bicyclic) bond motifs is 1. The number of amides is 1. The summed E-state index contributed by atoms with van der Waals surface area (Å²) in [4.78, 5) is 24.7. The van der Waals surface area contributed by atoms with Crippen LogP contribution in [-0.2, 0) is 6.42 Å². The van der Waals surface area contributed by atoms with Crippen molar-refractivity contribution in [3.05, 3.63) is 77.6 Å². The minimum atomic E-state index is -0.219. The van der Waals surface area contributed by atoms with Gasteiger partial charge in [-0.2, -0.15) is 0 Å². The second-order valence-electron chi connectivity index (χ2n) is 5.73. The number of anilines is 1. The summed E-state index contributed by atoms with van der Waals surface area (Å²) in [5.41, 5.74) is 3.59. The van der Waals surface area contributed by atoms with Gasteiger partial charge in [0.1, 0.15) is 5.76 Å². The molecule has 0 fully saturated rings. The first-order chi connectivity index (χ1) is 11.7. The molecular weight excluding hydrogens is 302 g/mol. The Hall–Kier alpha value is -3.14. The summed E-state index contributed by atoms with van der Waals surface area (Å²) in [6.07, 6.45) is 2.74. The van der Waals surface area contributed by atoms with Crippen LogP contribution < -0.4 is 5.32 Å². The van der Waals surface area contributed by atoms with E-state index in [1.165, 1.54) is 0 Å². The number of nitrogens with one attached hydrogen (secondary N) is 1. The summed E-state index contributed by atoms with van der Waals surface area (Å²) in [5.74, 6) is 0.576. The third-order valence-corrected chi connectivity index (χ3v) is 4.26. The fourth-order valence-corrected chi connectivity index (χ4v) is 3.14. The molecule has 0 saturated carbocycles. The van der Waals surface area contributed by atoms with Crippen molar-refractivity contribution in [3.63, 3.8) is 0 Å². The zero-order valence-corrected chi connectivity index (χ0v) is 12.9. The van der Waals surface area contributed by atoms with E-state index in [2.05, 4.69) is 5.32 Å².